The van der Waals surface area contributed by atoms with E-state index in [-0.39, 0.29) is 33.8 Å². The number of rotatable bonds is 6. The van der Waals surface area contributed by atoms with Crippen LogP contribution >= 0.6 is 0 Å². The number of fused-ring (bicyclic) bond motifs is 4. The lowest BCUT2D eigenvalue weighted by molar-refractivity contribution is -0.128. The maximum absolute atomic E-state index is 13.9. The standard InChI is InChI=1S/C24H36O5S2/c1-23-10-9-18(24(23,2)14-31(27,28)29)21(22(23)26)30(13-17-5-3-4-6-19(17)25)20-12-15-7-8-16(20)11-15/h15-18,20-21H,3-14H2,1-2H3. The molecule has 0 saturated heterocycles. The summed E-state index contributed by atoms with van der Waals surface area (Å²) in [5, 5.41) is 0.364. The van der Waals surface area contributed by atoms with Gasteiger partial charge in [0.05, 0.1) is 16.0 Å². The minimum atomic E-state index is -4.42. The highest BCUT2D eigenvalue weighted by Gasteiger charge is 2.74. The molecule has 5 saturated carbocycles. The molecule has 0 aromatic rings. The lowest BCUT2D eigenvalue weighted by atomic mass is 9.70. The highest BCUT2D eigenvalue weighted by atomic mass is 32.2. The molecule has 0 spiro atoms. The highest BCUT2D eigenvalue weighted by Crippen LogP contribution is 2.67. The zero-order valence-electron chi connectivity index (χ0n) is 18.8. The van der Waals surface area contributed by atoms with Gasteiger partial charge in [-0.1, -0.05) is 20.3 Å². The van der Waals surface area contributed by atoms with Crippen LogP contribution in [-0.4, -0.2) is 46.5 Å². The Morgan fingerprint density at radius 3 is 2.45 bits per heavy atom. The Bertz CT molecular complexity index is 884. The van der Waals surface area contributed by atoms with E-state index in [9.17, 15) is 22.6 Å². The second kappa shape index (κ2) is 7.56. The smallest absolute Gasteiger partial charge is 0.191 e. The predicted molar refractivity (Wildman–Crippen MR) is 121 cm³/mol. The second-order valence-corrected chi connectivity index (χ2v) is 15.4. The maximum Gasteiger partial charge on any atom is 0.191 e. The summed E-state index contributed by atoms with van der Waals surface area (Å²) in [5.74, 6) is 2.46. The van der Waals surface area contributed by atoms with Gasteiger partial charge in [0.15, 0.2) is 11.0 Å². The van der Waals surface area contributed by atoms with Gasteiger partial charge in [-0.25, -0.2) is 8.42 Å². The zero-order valence-corrected chi connectivity index (χ0v) is 20.4. The van der Waals surface area contributed by atoms with Gasteiger partial charge in [-0.3, -0.25) is 9.59 Å². The first-order chi connectivity index (χ1) is 14.5. The predicted octanol–water partition coefficient (Wildman–Crippen LogP) is 3.47. The van der Waals surface area contributed by atoms with Crippen molar-refractivity contribution in [2.45, 2.75) is 88.6 Å². The van der Waals surface area contributed by atoms with Crippen molar-refractivity contribution in [2.75, 3.05) is 11.5 Å². The Balaban J connectivity index is 1.50. The Labute approximate surface area is 189 Å². The largest absolute Gasteiger partial charge is 0.748 e. The van der Waals surface area contributed by atoms with Crippen molar-refractivity contribution in [3.05, 3.63) is 0 Å². The van der Waals surface area contributed by atoms with Crippen LogP contribution < -0.4 is 0 Å². The van der Waals surface area contributed by atoms with E-state index in [4.69, 9.17) is 0 Å². The SMILES string of the molecule is CC12CCC(C([S+](CC3CCCCC3=O)C3CC4CCC3C4)C1=O)C2(C)CS(=O)(=O)[O-]. The van der Waals surface area contributed by atoms with Crippen molar-refractivity contribution in [2.24, 2.45) is 34.5 Å². The van der Waals surface area contributed by atoms with Crippen molar-refractivity contribution in [1.29, 1.82) is 0 Å². The van der Waals surface area contributed by atoms with E-state index in [1.165, 1.54) is 25.7 Å². The van der Waals surface area contributed by atoms with Gasteiger partial charge in [0.1, 0.15) is 16.8 Å². The summed E-state index contributed by atoms with van der Waals surface area (Å²) < 4.78 is 35.5. The van der Waals surface area contributed by atoms with Gasteiger partial charge in [0, 0.05) is 45.7 Å². The summed E-state index contributed by atoms with van der Waals surface area (Å²) in [7, 11) is -4.61. The number of ketones is 2. The summed E-state index contributed by atoms with van der Waals surface area (Å²) in [6, 6.07) is 0. The van der Waals surface area contributed by atoms with Crippen LogP contribution in [0.1, 0.15) is 78.1 Å². The molecule has 31 heavy (non-hydrogen) atoms. The van der Waals surface area contributed by atoms with Crippen LogP contribution in [0.25, 0.3) is 0 Å². The summed E-state index contributed by atoms with van der Waals surface area (Å²) in [6.45, 7) is 3.82. The van der Waals surface area contributed by atoms with E-state index in [2.05, 4.69) is 0 Å². The van der Waals surface area contributed by atoms with Gasteiger partial charge < -0.3 is 4.55 Å². The zero-order chi connectivity index (χ0) is 22.2. The summed E-state index contributed by atoms with van der Waals surface area (Å²) >= 11 is 0. The number of carbonyl (C=O) groups excluding carboxylic acids is 2. The molecule has 5 aliphatic rings. The Kier molecular flexibility index (Phi) is 5.46. The highest BCUT2D eigenvalue weighted by molar-refractivity contribution is 7.98. The molecule has 7 heteroatoms. The third-order valence-corrected chi connectivity index (χ3v) is 14.4. The molecule has 9 unspecified atom stereocenters. The van der Waals surface area contributed by atoms with E-state index < -0.39 is 26.7 Å². The lowest BCUT2D eigenvalue weighted by Gasteiger charge is -2.36. The van der Waals surface area contributed by atoms with Crippen LogP contribution in [0.5, 0.6) is 0 Å². The molecular formula is C24H36O5S2. The fraction of sp³-hybridized carbons (Fsp3) is 0.917. The van der Waals surface area contributed by atoms with Gasteiger partial charge >= 0.3 is 0 Å². The minimum Gasteiger partial charge on any atom is -0.748 e. The first-order valence-electron chi connectivity index (χ1n) is 12.2. The normalized spacial score (nSPS) is 48.0. The van der Waals surface area contributed by atoms with Crippen molar-refractivity contribution in [3.63, 3.8) is 0 Å². The molecule has 0 aromatic heterocycles. The Morgan fingerprint density at radius 2 is 1.84 bits per heavy atom. The van der Waals surface area contributed by atoms with Gasteiger partial charge in [-0.2, -0.15) is 0 Å². The molecule has 174 valence electrons. The number of hydrogen-bond acceptors (Lipinski definition) is 5. The molecule has 5 nitrogen and oxygen atoms in total. The fourth-order valence-electron chi connectivity index (χ4n) is 8.26. The third-order valence-electron chi connectivity index (χ3n) is 10.1. The first-order valence-corrected chi connectivity index (χ1v) is 15.3. The van der Waals surface area contributed by atoms with Crippen LogP contribution in [0.15, 0.2) is 0 Å². The molecular weight excluding hydrogens is 432 g/mol. The van der Waals surface area contributed by atoms with Crippen molar-refractivity contribution >= 4 is 32.6 Å². The Hall–Kier alpha value is -0.400. The average molecular weight is 469 g/mol. The second-order valence-electron chi connectivity index (χ2n) is 11.6. The molecule has 0 heterocycles. The van der Waals surface area contributed by atoms with Crippen LogP contribution in [0, 0.1) is 34.5 Å². The topological polar surface area (TPSA) is 91.3 Å². The van der Waals surface area contributed by atoms with Gasteiger partial charge in [-0.05, 0) is 57.3 Å². The van der Waals surface area contributed by atoms with Crippen molar-refractivity contribution in [3.8, 4) is 0 Å². The lowest BCUT2D eigenvalue weighted by Crippen LogP contribution is -2.48. The average Bonchev–Trinajstić information content (AvgIpc) is 3.40. The molecule has 5 rings (SSSR count). The summed E-state index contributed by atoms with van der Waals surface area (Å²) in [5.41, 5.74) is -1.49. The molecule has 0 radical (unpaired) electrons. The van der Waals surface area contributed by atoms with E-state index in [1.54, 1.807) is 0 Å². The third kappa shape index (κ3) is 3.47. The molecule has 0 aromatic carbocycles. The number of Topliss-reactive ketones (excluding diaryl/α,β-unsaturated/α-hetero) is 2. The van der Waals surface area contributed by atoms with E-state index in [0.29, 0.717) is 29.8 Å². The molecule has 0 N–H and O–H groups in total. The summed E-state index contributed by atoms with van der Waals surface area (Å²) in [6.07, 6.45) is 10.2. The number of carbonyl (C=O) groups is 2. The van der Waals surface area contributed by atoms with E-state index in [0.717, 1.165) is 37.4 Å². The van der Waals surface area contributed by atoms with Crippen LogP contribution in [-0.2, 0) is 30.6 Å². The van der Waals surface area contributed by atoms with Crippen molar-refractivity contribution < 1.29 is 22.6 Å². The van der Waals surface area contributed by atoms with Crippen molar-refractivity contribution in [1.82, 2.24) is 0 Å². The fourth-order valence-corrected chi connectivity index (χ4v) is 13.8. The summed E-state index contributed by atoms with van der Waals surface area (Å²) in [4.78, 5) is 26.7. The van der Waals surface area contributed by atoms with E-state index in [1.807, 2.05) is 13.8 Å². The maximum atomic E-state index is 13.9. The van der Waals surface area contributed by atoms with Crippen LogP contribution in [0.2, 0.25) is 0 Å². The Morgan fingerprint density at radius 1 is 1.06 bits per heavy atom. The van der Waals surface area contributed by atoms with Gasteiger partial charge in [-0.15, -0.1) is 0 Å². The molecule has 4 bridgehead atoms. The first kappa shape index (κ1) is 22.4. The van der Waals surface area contributed by atoms with Gasteiger partial charge in [0.2, 0.25) is 0 Å². The quantitative estimate of drug-likeness (QED) is 0.440. The van der Waals surface area contributed by atoms with Crippen LogP contribution in [0.4, 0.5) is 0 Å². The number of hydrogen-bond donors (Lipinski definition) is 0. The van der Waals surface area contributed by atoms with Crippen LogP contribution in [0.3, 0.4) is 0 Å². The molecule has 0 aliphatic heterocycles. The minimum absolute atomic E-state index is 0.0325. The van der Waals surface area contributed by atoms with Gasteiger partial charge in [0.25, 0.3) is 0 Å². The molecule has 9 atom stereocenters. The molecule has 5 aliphatic carbocycles. The van der Waals surface area contributed by atoms with E-state index >= 15 is 0 Å². The molecule has 0 amide bonds. The monoisotopic (exact) mass is 468 g/mol. The molecule has 5 fully saturated rings.